The molecule has 2 saturated heterocycles. The Morgan fingerprint density at radius 3 is 2.80 bits per heavy atom. The molecule has 160 valence electrons. The summed E-state index contributed by atoms with van der Waals surface area (Å²) in [6.45, 7) is 11.0. The highest BCUT2D eigenvalue weighted by atomic mass is 16.2. The van der Waals surface area contributed by atoms with E-state index in [2.05, 4.69) is 65.6 Å². The van der Waals surface area contributed by atoms with Gasteiger partial charge in [0, 0.05) is 50.9 Å². The summed E-state index contributed by atoms with van der Waals surface area (Å²) in [6, 6.07) is 9.14. The monoisotopic (exact) mass is 406 g/mol. The van der Waals surface area contributed by atoms with E-state index in [1.807, 2.05) is 6.33 Å². The van der Waals surface area contributed by atoms with E-state index < -0.39 is 0 Å². The maximum absolute atomic E-state index is 13.7. The van der Waals surface area contributed by atoms with Crippen LogP contribution in [0.2, 0.25) is 0 Å². The Morgan fingerprint density at radius 2 is 2.10 bits per heavy atom. The maximum atomic E-state index is 13.7. The molecule has 1 spiro atoms. The smallest absolute Gasteiger partial charge is 0.230 e. The second-order valence-corrected chi connectivity index (χ2v) is 10.2. The van der Waals surface area contributed by atoms with Crippen LogP contribution < -0.4 is 0 Å². The van der Waals surface area contributed by atoms with E-state index in [1.165, 1.54) is 24.0 Å². The highest BCUT2D eigenvalue weighted by Gasteiger charge is 2.58. The van der Waals surface area contributed by atoms with Crippen molar-refractivity contribution in [1.29, 1.82) is 0 Å². The molecule has 5 rings (SSSR count). The molecule has 3 aliphatic rings. The van der Waals surface area contributed by atoms with E-state index >= 15 is 0 Å². The van der Waals surface area contributed by atoms with Crippen LogP contribution in [0.25, 0.3) is 0 Å². The molecular weight excluding hydrogens is 372 g/mol. The Bertz CT molecular complexity index is 931. The van der Waals surface area contributed by atoms with Gasteiger partial charge < -0.3 is 9.47 Å². The Morgan fingerprint density at radius 1 is 1.27 bits per heavy atom. The fraction of sp³-hybridized carbons (Fsp3) is 0.600. The van der Waals surface area contributed by atoms with Crippen molar-refractivity contribution in [2.45, 2.75) is 58.5 Å². The zero-order chi connectivity index (χ0) is 20.9. The van der Waals surface area contributed by atoms with E-state index in [0.717, 1.165) is 50.8 Å². The average molecular weight is 407 g/mol. The van der Waals surface area contributed by atoms with Crippen LogP contribution in [0, 0.1) is 18.3 Å². The quantitative estimate of drug-likeness (QED) is 0.728. The molecule has 2 atom stereocenters. The average Bonchev–Trinajstić information content (AvgIpc) is 3.13. The second kappa shape index (κ2) is 7.52. The van der Waals surface area contributed by atoms with Gasteiger partial charge in [-0.05, 0) is 51.5 Å². The number of nitrogens with zero attached hydrogens (tertiary/aromatic N) is 4. The first kappa shape index (κ1) is 19.8. The highest BCUT2D eigenvalue weighted by molar-refractivity contribution is 5.87. The third-order valence-electron chi connectivity index (χ3n) is 7.39. The lowest BCUT2D eigenvalue weighted by Gasteiger charge is -2.28. The molecule has 1 aromatic heterocycles. The lowest BCUT2D eigenvalue weighted by atomic mass is 9.75. The van der Waals surface area contributed by atoms with Crippen molar-refractivity contribution in [3.63, 3.8) is 0 Å². The van der Waals surface area contributed by atoms with Gasteiger partial charge in [-0.25, -0.2) is 4.98 Å². The number of hydrogen-bond acceptors (Lipinski definition) is 3. The molecule has 1 saturated carbocycles. The number of aromatic nitrogens is 2. The summed E-state index contributed by atoms with van der Waals surface area (Å²) in [4.78, 5) is 23.2. The molecule has 2 aliphatic heterocycles. The molecule has 1 aliphatic carbocycles. The zero-order valence-electron chi connectivity index (χ0n) is 18.6. The van der Waals surface area contributed by atoms with Crippen molar-refractivity contribution in [1.82, 2.24) is 19.4 Å². The predicted molar refractivity (Wildman–Crippen MR) is 118 cm³/mol. The molecule has 2 aromatic rings. The Hall–Kier alpha value is -2.14. The fourth-order valence-electron chi connectivity index (χ4n) is 5.50. The van der Waals surface area contributed by atoms with Gasteiger partial charge in [-0.1, -0.05) is 29.8 Å². The van der Waals surface area contributed by atoms with Gasteiger partial charge in [0.25, 0.3) is 0 Å². The van der Waals surface area contributed by atoms with E-state index in [9.17, 15) is 4.79 Å². The molecule has 0 unspecified atom stereocenters. The van der Waals surface area contributed by atoms with Crippen molar-refractivity contribution in [2.24, 2.45) is 11.3 Å². The number of amides is 1. The summed E-state index contributed by atoms with van der Waals surface area (Å²) in [5, 5.41) is 0. The van der Waals surface area contributed by atoms with Crippen LogP contribution in [0.4, 0.5) is 0 Å². The molecule has 1 amide bonds. The minimum Gasteiger partial charge on any atom is -0.342 e. The summed E-state index contributed by atoms with van der Waals surface area (Å²) in [7, 11) is 0. The van der Waals surface area contributed by atoms with Crippen LogP contribution in [0.15, 0.2) is 36.8 Å². The van der Waals surface area contributed by atoms with Crippen molar-refractivity contribution >= 4 is 5.91 Å². The zero-order valence-corrected chi connectivity index (χ0v) is 18.6. The number of carbonyl (C=O) groups excluding carboxylic acids is 1. The highest BCUT2D eigenvalue weighted by Crippen LogP contribution is 2.50. The Kier molecular flexibility index (Phi) is 4.97. The van der Waals surface area contributed by atoms with Crippen molar-refractivity contribution in [3.05, 3.63) is 53.6 Å². The first-order chi connectivity index (χ1) is 14.4. The molecule has 30 heavy (non-hydrogen) atoms. The molecular formula is C25H34N4O. The van der Waals surface area contributed by atoms with E-state index in [0.29, 0.717) is 11.9 Å². The number of likely N-dealkylation sites (tertiary alicyclic amines) is 2. The standard InChI is InChI=1S/C25H34N4O/c1-18(2)29-15-23(26-17-29)22-14-27(12-21-6-4-5-19(3)11-21)16-25(22)9-10-28(24(25)30)13-20-7-8-20/h4-6,11,15,17-18,20,22H,7-10,12-14,16H2,1-3H3/t22-,25+/m1/s1. The van der Waals surface area contributed by atoms with Gasteiger partial charge in [-0.3, -0.25) is 9.69 Å². The first-order valence-electron chi connectivity index (χ1n) is 11.6. The lowest BCUT2D eigenvalue weighted by Crippen LogP contribution is -2.40. The minimum atomic E-state index is -0.311. The van der Waals surface area contributed by atoms with Gasteiger partial charge in [-0.2, -0.15) is 0 Å². The molecule has 3 fully saturated rings. The number of imidazole rings is 1. The van der Waals surface area contributed by atoms with Crippen LogP contribution in [-0.2, 0) is 11.3 Å². The third-order valence-corrected chi connectivity index (χ3v) is 7.39. The van der Waals surface area contributed by atoms with Gasteiger partial charge in [-0.15, -0.1) is 0 Å². The SMILES string of the molecule is Cc1cccc(CN2C[C@H](c3cn(C(C)C)cn3)[C@]3(CCN(CC4CC4)C3=O)C2)c1. The van der Waals surface area contributed by atoms with E-state index in [1.54, 1.807) is 0 Å². The van der Waals surface area contributed by atoms with Gasteiger partial charge in [0.05, 0.1) is 17.4 Å². The molecule has 1 aromatic carbocycles. The summed E-state index contributed by atoms with van der Waals surface area (Å²) in [6.07, 6.45) is 7.67. The Balaban J connectivity index is 1.43. The summed E-state index contributed by atoms with van der Waals surface area (Å²) in [5.41, 5.74) is 3.41. The van der Waals surface area contributed by atoms with Crippen LogP contribution in [-0.4, -0.2) is 51.4 Å². The Labute approximate surface area is 180 Å². The number of aryl methyl sites for hydroxylation is 1. The van der Waals surface area contributed by atoms with Crippen LogP contribution in [0.1, 0.15) is 61.9 Å². The van der Waals surface area contributed by atoms with Gasteiger partial charge in [0.15, 0.2) is 0 Å². The van der Waals surface area contributed by atoms with Crippen LogP contribution in [0.3, 0.4) is 0 Å². The summed E-state index contributed by atoms with van der Waals surface area (Å²) in [5.74, 6) is 1.30. The number of hydrogen-bond donors (Lipinski definition) is 0. The van der Waals surface area contributed by atoms with Crippen molar-refractivity contribution in [2.75, 3.05) is 26.2 Å². The second-order valence-electron chi connectivity index (χ2n) is 10.2. The third kappa shape index (κ3) is 3.58. The number of rotatable bonds is 6. The number of carbonyl (C=O) groups is 1. The largest absolute Gasteiger partial charge is 0.342 e. The summed E-state index contributed by atoms with van der Waals surface area (Å²) < 4.78 is 2.17. The molecule has 3 heterocycles. The van der Waals surface area contributed by atoms with Crippen molar-refractivity contribution in [3.8, 4) is 0 Å². The van der Waals surface area contributed by atoms with Crippen molar-refractivity contribution < 1.29 is 4.79 Å². The molecule has 5 nitrogen and oxygen atoms in total. The van der Waals surface area contributed by atoms with Gasteiger partial charge >= 0.3 is 0 Å². The molecule has 5 heteroatoms. The summed E-state index contributed by atoms with van der Waals surface area (Å²) >= 11 is 0. The fourth-order valence-corrected chi connectivity index (χ4v) is 5.50. The van der Waals surface area contributed by atoms with E-state index in [-0.39, 0.29) is 11.3 Å². The maximum Gasteiger partial charge on any atom is 0.230 e. The van der Waals surface area contributed by atoms with Crippen LogP contribution in [0.5, 0.6) is 0 Å². The van der Waals surface area contributed by atoms with Gasteiger partial charge in [0.1, 0.15) is 0 Å². The molecule has 0 bridgehead atoms. The molecule has 0 radical (unpaired) electrons. The predicted octanol–water partition coefficient (Wildman–Crippen LogP) is 4.00. The lowest BCUT2D eigenvalue weighted by molar-refractivity contribution is -0.136. The first-order valence-corrected chi connectivity index (χ1v) is 11.6. The van der Waals surface area contributed by atoms with Gasteiger partial charge in [0.2, 0.25) is 5.91 Å². The topological polar surface area (TPSA) is 41.4 Å². The van der Waals surface area contributed by atoms with Crippen LogP contribution >= 0.6 is 0 Å². The normalized spacial score (nSPS) is 27.1. The minimum absolute atomic E-state index is 0.180. The molecule has 0 N–H and O–H groups in total. The van der Waals surface area contributed by atoms with E-state index in [4.69, 9.17) is 4.98 Å². The number of benzene rings is 1.